The lowest BCUT2D eigenvalue weighted by Crippen LogP contribution is -2.31. The first-order valence-corrected chi connectivity index (χ1v) is 6.41. The van der Waals surface area contributed by atoms with E-state index in [4.69, 9.17) is 11.6 Å². The lowest BCUT2D eigenvalue weighted by Gasteiger charge is -2.17. The van der Waals surface area contributed by atoms with E-state index in [1.165, 1.54) is 12.1 Å². The fourth-order valence-corrected chi connectivity index (χ4v) is 2.00. The SMILES string of the molecule is O=C(NC(CO)c1ccccc1)c1cc(Cl)ccc1F. The van der Waals surface area contributed by atoms with E-state index in [1.807, 2.05) is 6.07 Å². The first-order chi connectivity index (χ1) is 9.61. The molecule has 0 bridgehead atoms. The normalized spacial score (nSPS) is 11.9. The molecule has 0 saturated heterocycles. The molecule has 5 heteroatoms. The molecule has 0 aliphatic carbocycles. The third-order valence-electron chi connectivity index (χ3n) is 2.86. The molecule has 0 aromatic heterocycles. The summed E-state index contributed by atoms with van der Waals surface area (Å²) < 4.78 is 13.6. The van der Waals surface area contributed by atoms with E-state index in [2.05, 4.69) is 5.32 Å². The summed E-state index contributed by atoms with van der Waals surface area (Å²) in [6.45, 7) is -0.280. The number of aliphatic hydroxyl groups is 1. The van der Waals surface area contributed by atoms with Crippen molar-refractivity contribution in [3.63, 3.8) is 0 Å². The summed E-state index contributed by atoms with van der Waals surface area (Å²) >= 11 is 5.75. The van der Waals surface area contributed by atoms with Gasteiger partial charge in [0.15, 0.2) is 0 Å². The van der Waals surface area contributed by atoms with Crippen molar-refractivity contribution in [3.05, 3.63) is 70.5 Å². The highest BCUT2D eigenvalue weighted by Gasteiger charge is 2.17. The molecule has 2 N–H and O–H groups in total. The smallest absolute Gasteiger partial charge is 0.254 e. The highest BCUT2D eigenvalue weighted by atomic mass is 35.5. The van der Waals surface area contributed by atoms with Crippen molar-refractivity contribution in [2.75, 3.05) is 6.61 Å². The second kappa shape index (κ2) is 6.50. The molecule has 0 radical (unpaired) electrons. The maximum Gasteiger partial charge on any atom is 0.254 e. The Labute approximate surface area is 121 Å². The lowest BCUT2D eigenvalue weighted by molar-refractivity contribution is 0.0912. The van der Waals surface area contributed by atoms with Crippen LogP contribution in [0.3, 0.4) is 0 Å². The topological polar surface area (TPSA) is 49.3 Å². The number of hydrogen-bond acceptors (Lipinski definition) is 2. The molecule has 104 valence electrons. The van der Waals surface area contributed by atoms with Crippen LogP contribution in [0.15, 0.2) is 48.5 Å². The van der Waals surface area contributed by atoms with Gasteiger partial charge in [0.1, 0.15) is 5.82 Å². The van der Waals surface area contributed by atoms with Gasteiger partial charge in [0.25, 0.3) is 5.91 Å². The van der Waals surface area contributed by atoms with Gasteiger partial charge >= 0.3 is 0 Å². The van der Waals surface area contributed by atoms with Crippen molar-refractivity contribution in [2.24, 2.45) is 0 Å². The minimum absolute atomic E-state index is 0.146. The number of nitrogens with one attached hydrogen (secondary N) is 1. The molecule has 0 aliphatic rings. The molecule has 0 aliphatic heterocycles. The molecule has 1 amide bonds. The van der Waals surface area contributed by atoms with Gasteiger partial charge in [-0.1, -0.05) is 41.9 Å². The first kappa shape index (κ1) is 14.5. The summed E-state index contributed by atoms with van der Waals surface area (Å²) in [6, 6.07) is 12.1. The van der Waals surface area contributed by atoms with Gasteiger partial charge in [-0.25, -0.2) is 4.39 Å². The molecular formula is C15H13ClFNO2. The maximum atomic E-state index is 13.6. The van der Waals surface area contributed by atoms with Gasteiger partial charge in [-0.05, 0) is 23.8 Å². The number of aliphatic hydroxyl groups excluding tert-OH is 1. The monoisotopic (exact) mass is 293 g/mol. The van der Waals surface area contributed by atoms with E-state index in [0.717, 1.165) is 11.6 Å². The molecule has 3 nitrogen and oxygen atoms in total. The van der Waals surface area contributed by atoms with Gasteiger partial charge in [0.05, 0.1) is 18.2 Å². The third kappa shape index (κ3) is 3.35. The maximum absolute atomic E-state index is 13.6. The molecule has 0 heterocycles. The van der Waals surface area contributed by atoms with Gasteiger partial charge in [-0.3, -0.25) is 4.79 Å². The molecule has 0 spiro atoms. The van der Waals surface area contributed by atoms with Crippen LogP contribution in [0.5, 0.6) is 0 Å². The number of rotatable bonds is 4. The van der Waals surface area contributed by atoms with Gasteiger partial charge in [-0.2, -0.15) is 0 Å². The van der Waals surface area contributed by atoms with Crippen molar-refractivity contribution in [2.45, 2.75) is 6.04 Å². The zero-order valence-corrected chi connectivity index (χ0v) is 11.3. The summed E-state index contributed by atoms with van der Waals surface area (Å²) in [7, 11) is 0. The van der Waals surface area contributed by atoms with E-state index < -0.39 is 17.8 Å². The Morgan fingerprint density at radius 3 is 2.60 bits per heavy atom. The summed E-state index contributed by atoms with van der Waals surface area (Å²) in [5.41, 5.74) is 0.595. The van der Waals surface area contributed by atoms with Crippen molar-refractivity contribution in [3.8, 4) is 0 Å². The Morgan fingerprint density at radius 2 is 1.95 bits per heavy atom. The average molecular weight is 294 g/mol. The van der Waals surface area contributed by atoms with E-state index in [0.29, 0.717) is 0 Å². The van der Waals surface area contributed by atoms with Gasteiger partial charge in [0, 0.05) is 5.02 Å². The summed E-state index contributed by atoms with van der Waals surface area (Å²) in [6.07, 6.45) is 0. The zero-order valence-electron chi connectivity index (χ0n) is 10.5. The molecule has 2 aromatic carbocycles. The number of amides is 1. The van der Waals surface area contributed by atoms with E-state index >= 15 is 0 Å². The molecule has 2 aromatic rings. The molecule has 0 saturated carbocycles. The number of carbonyl (C=O) groups excluding carboxylic acids is 1. The average Bonchev–Trinajstić information content (AvgIpc) is 2.48. The van der Waals surface area contributed by atoms with Crippen LogP contribution >= 0.6 is 11.6 Å². The quantitative estimate of drug-likeness (QED) is 0.910. The fraction of sp³-hybridized carbons (Fsp3) is 0.133. The predicted molar refractivity (Wildman–Crippen MR) is 75.1 cm³/mol. The Balaban J connectivity index is 2.20. The van der Waals surface area contributed by atoms with Crippen molar-refractivity contribution in [1.82, 2.24) is 5.32 Å². The van der Waals surface area contributed by atoms with Crippen LogP contribution in [-0.4, -0.2) is 17.6 Å². The molecule has 1 atom stereocenters. The standard InChI is InChI=1S/C15H13ClFNO2/c16-11-6-7-13(17)12(8-11)15(20)18-14(9-19)10-4-2-1-3-5-10/h1-8,14,19H,9H2,(H,18,20). The van der Waals surface area contributed by atoms with Crippen LogP contribution in [0.25, 0.3) is 0 Å². The predicted octanol–water partition coefficient (Wildman–Crippen LogP) is 2.94. The minimum Gasteiger partial charge on any atom is -0.394 e. The van der Waals surface area contributed by atoms with Crippen LogP contribution in [0, 0.1) is 5.82 Å². The lowest BCUT2D eigenvalue weighted by atomic mass is 10.1. The third-order valence-corrected chi connectivity index (χ3v) is 3.10. The molecule has 1 unspecified atom stereocenters. The Bertz CT molecular complexity index is 604. The van der Waals surface area contributed by atoms with Crippen molar-refractivity contribution < 1.29 is 14.3 Å². The van der Waals surface area contributed by atoms with E-state index in [-0.39, 0.29) is 17.2 Å². The van der Waals surface area contributed by atoms with Crippen LogP contribution in [0.1, 0.15) is 22.0 Å². The summed E-state index contributed by atoms with van der Waals surface area (Å²) in [5, 5.41) is 12.2. The Morgan fingerprint density at radius 1 is 1.25 bits per heavy atom. The number of halogens is 2. The summed E-state index contributed by atoms with van der Waals surface area (Å²) in [4.78, 5) is 12.0. The van der Waals surface area contributed by atoms with Gasteiger partial charge < -0.3 is 10.4 Å². The van der Waals surface area contributed by atoms with Crippen LogP contribution in [0.2, 0.25) is 5.02 Å². The van der Waals surface area contributed by atoms with E-state index in [9.17, 15) is 14.3 Å². The van der Waals surface area contributed by atoms with Crippen LogP contribution in [0.4, 0.5) is 4.39 Å². The largest absolute Gasteiger partial charge is 0.394 e. The molecule has 0 fully saturated rings. The number of carbonyl (C=O) groups is 1. The van der Waals surface area contributed by atoms with Gasteiger partial charge in [0.2, 0.25) is 0 Å². The Hall–Kier alpha value is -1.91. The number of benzene rings is 2. The highest BCUT2D eigenvalue weighted by Crippen LogP contribution is 2.17. The summed E-state index contributed by atoms with van der Waals surface area (Å²) in [5.74, 6) is -1.27. The minimum atomic E-state index is -0.656. The van der Waals surface area contributed by atoms with Gasteiger partial charge in [-0.15, -0.1) is 0 Å². The first-order valence-electron chi connectivity index (χ1n) is 6.03. The molecular weight excluding hydrogens is 281 g/mol. The van der Waals surface area contributed by atoms with Crippen molar-refractivity contribution >= 4 is 17.5 Å². The second-order valence-corrected chi connectivity index (χ2v) is 4.68. The Kier molecular flexibility index (Phi) is 4.71. The number of hydrogen-bond donors (Lipinski definition) is 2. The van der Waals surface area contributed by atoms with Crippen LogP contribution < -0.4 is 5.32 Å². The zero-order chi connectivity index (χ0) is 14.5. The molecule has 20 heavy (non-hydrogen) atoms. The van der Waals surface area contributed by atoms with Crippen molar-refractivity contribution in [1.29, 1.82) is 0 Å². The highest BCUT2D eigenvalue weighted by molar-refractivity contribution is 6.31. The fourth-order valence-electron chi connectivity index (χ4n) is 1.83. The molecule has 2 rings (SSSR count). The second-order valence-electron chi connectivity index (χ2n) is 4.24. The van der Waals surface area contributed by atoms with Crippen LogP contribution in [-0.2, 0) is 0 Å². The van der Waals surface area contributed by atoms with E-state index in [1.54, 1.807) is 24.3 Å².